The van der Waals surface area contributed by atoms with Crippen LogP contribution in [0.4, 0.5) is 0 Å². The van der Waals surface area contributed by atoms with E-state index in [0.29, 0.717) is 11.8 Å². The van der Waals surface area contributed by atoms with Crippen molar-refractivity contribution in [2.24, 2.45) is 11.3 Å². The number of fused-ring (bicyclic) bond motifs is 1. The highest BCUT2D eigenvalue weighted by molar-refractivity contribution is 5.82. The Hall–Kier alpha value is -1.85. The van der Waals surface area contributed by atoms with Crippen LogP contribution in [0.25, 0.3) is 0 Å². The lowest BCUT2D eigenvalue weighted by Crippen LogP contribution is -2.79. The van der Waals surface area contributed by atoms with Crippen molar-refractivity contribution in [3.05, 3.63) is 35.4 Å². The Morgan fingerprint density at radius 2 is 2.19 bits per heavy atom. The number of phenols is 1. The molecule has 0 radical (unpaired) electrons. The highest BCUT2D eigenvalue weighted by Crippen LogP contribution is 2.74. The Morgan fingerprint density at radius 3 is 2.93 bits per heavy atom. The van der Waals surface area contributed by atoms with Gasteiger partial charge in [-0.1, -0.05) is 18.2 Å². The third-order valence-corrected chi connectivity index (χ3v) is 8.56. The first-order valence-corrected chi connectivity index (χ1v) is 9.89. The second kappa shape index (κ2) is 4.58. The predicted octanol–water partition coefficient (Wildman–Crippen LogP) is 2.20. The molecule has 27 heavy (non-hydrogen) atoms. The quantitative estimate of drug-likeness (QED) is 0.812. The van der Waals surface area contributed by atoms with Crippen LogP contribution in [0.1, 0.15) is 30.9 Å². The summed E-state index contributed by atoms with van der Waals surface area (Å²) in [6, 6.07) is 4.15. The summed E-state index contributed by atoms with van der Waals surface area (Å²) in [5, 5.41) is 10.6. The molecular weight excluding hydrogens is 342 g/mol. The summed E-state index contributed by atoms with van der Waals surface area (Å²) in [6.07, 6.45) is 6.85. The number of hydrogen-bond donors (Lipinski definition) is 1. The minimum absolute atomic E-state index is 0.158. The molecule has 6 atom stereocenters. The number of carbonyl (C=O) groups excluding carboxylic acids is 1. The van der Waals surface area contributed by atoms with E-state index in [0.717, 1.165) is 25.8 Å². The lowest BCUT2D eigenvalue weighted by Gasteiger charge is -2.70. The van der Waals surface area contributed by atoms with E-state index in [9.17, 15) is 9.90 Å². The van der Waals surface area contributed by atoms with Crippen LogP contribution in [0.15, 0.2) is 24.3 Å². The molecule has 0 aromatic heterocycles. The molecule has 7 rings (SSSR count). The van der Waals surface area contributed by atoms with Crippen molar-refractivity contribution in [1.82, 2.24) is 4.90 Å². The summed E-state index contributed by atoms with van der Waals surface area (Å²) in [5.41, 5.74) is 1.30. The third kappa shape index (κ3) is 1.43. The minimum atomic E-state index is -0.770. The highest BCUT2D eigenvalue weighted by Gasteiger charge is 2.79. The summed E-state index contributed by atoms with van der Waals surface area (Å²) >= 11 is 0. The molecule has 2 aliphatic heterocycles. The molecule has 1 aromatic rings. The van der Waals surface area contributed by atoms with Gasteiger partial charge in [0, 0.05) is 24.1 Å². The number of methoxy groups -OCH3 is 1. The van der Waals surface area contributed by atoms with E-state index >= 15 is 0 Å². The van der Waals surface area contributed by atoms with Crippen LogP contribution in [0, 0.1) is 11.3 Å². The molecule has 1 saturated heterocycles. The number of ether oxygens (including phenoxy) is 2. The van der Waals surface area contributed by atoms with Gasteiger partial charge in [-0.25, -0.2) is 0 Å². The number of Topliss-reactive ketones (excluding diaryl/α,β-unsaturated/α-hetero) is 1. The van der Waals surface area contributed by atoms with Crippen LogP contribution in [-0.2, 0) is 21.4 Å². The van der Waals surface area contributed by atoms with E-state index in [2.05, 4.69) is 30.2 Å². The van der Waals surface area contributed by atoms with Gasteiger partial charge in [-0.3, -0.25) is 4.79 Å². The molecule has 5 nitrogen and oxygen atoms in total. The van der Waals surface area contributed by atoms with Gasteiger partial charge in [0.15, 0.2) is 11.5 Å². The number of likely N-dealkylation sites (tertiary alicyclic amines) is 1. The van der Waals surface area contributed by atoms with E-state index in [1.165, 1.54) is 11.1 Å². The van der Waals surface area contributed by atoms with Crippen molar-refractivity contribution < 1.29 is 19.4 Å². The first kappa shape index (κ1) is 16.1. The zero-order chi connectivity index (χ0) is 18.8. The fourth-order valence-corrected chi connectivity index (χ4v) is 7.52. The molecule has 2 fully saturated rings. The zero-order valence-electron chi connectivity index (χ0n) is 16.0. The fraction of sp³-hybridized carbons (Fsp3) is 0.591. The Labute approximate surface area is 158 Å². The number of carbonyl (C=O) groups is 1. The van der Waals surface area contributed by atoms with Crippen molar-refractivity contribution in [1.29, 1.82) is 0 Å². The van der Waals surface area contributed by atoms with Gasteiger partial charge in [-0.15, -0.1) is 0 Å². The molecule has 1 aromatic carbocycles. The Kier molecular flexibility index (Phi) is 2.74. The van der Waals surface area contributed by atoms with Gasteiger partial charge in [0.25, 0.3) is 0 Å². The second-order valence-electron chi connectivity index (χ2n) is 9.17. The van der Waals surface area contributed by atoms with E-state index in [1.54, 1.807) is 20.1 Å². The molecule has 4 aliphatic carbocycles. The maximum Gasteiger partial charge on any atom is 0.165 e. The monoisotopic (exact) mass is 367 g/mol. The topological polar surface area (TPSA) is 59.0 Å². The van der Waals surface area contributed by atoms with Gasteiger partial charge >= 0.3 is 0 Å². The summed E-state index contributed by atoms with van der Waals surface area (Å²) in [6.45, 7) is 2.66. The van der Waals surface area contributed by atoms with E-state index < -0.39 is 5.60 Å². The molecule has 1 N–H and O–H groups in total. The second-order valence-corrected chi connectivity index (χ2v) is 9.17. The molecule has 2 spiro atoms. The Bertz CT molecular complexity index is 925. The number of piperidine rings is 1. The third-order valence-electron chi connectivity index (χ3n) is 8.56. The van der Waals surface area contributed by atoms with Crippen molar-refractivity contribution in [3.8, 4) is 11.5 Å². The standard InChI is InChI=1S/C22H25NO4/c1-12(24)14-11-20-6-7-22(14,26-3)19-21(20)8-9-23(2)16(20)10-13-4-5-15(25)18(27-19)17(13)21/h4-7,14,16,19,25H,8-11H2,1-3H3/t14-,16?,19-,20-,21?,22-/m1/s1. The van der Waals surface area contributed by atoms with Crippen molar-refractivity contribution in [2.75, 3.05) is 20.7 Å². The van der Waals surface area contributed by atoms with Gasteiger partial charge in [0.1, 0.15) is 17.5 Å². The average Bonchev–Trinajstić information content (AvgIpc) is 3.03. The van der Waals surface area contributed by atoms with Gasteiger partial charge in [0.2, 0.25) is 0 Å². The van der Waals surface area contributed by atoms with E-state index in [1.807, 2.05) is 0 Å². The first-order valence-electron chi connectivity index (χ1n) is 9.89. The molecule has 2 unspecified atom stereocenters. The van der Waals surface area contributed by atoms with Gasteiger partial charge in [0.05, 0.1) is 11.3 Å². The maximum atomic E-state index is 12.7. The smallest absolute Gasteiger partial charge is 0.165 e. The van der Waals surface area contributed by atoms with Crippen LogP contribution in [0.5, 0.6) is 11.5 Å². The van der Waals surface area contributed by atoms with Gasteiger partial charge in [-0.2, -0.15) is 0 Å². The number of likely N-dealkylation sites (N-methyl/N-ethyl adjacent to an activating group) is 1. The normalized spacial score (nSPS) is 45.5. The molecule has 6 aliphatic rings. The number of ketones is 1. The van der Waals surface area contributed by atoms with Crippen molar-refractivity contribution in [2.45, 2.75) is 49.3 Å². The number of hydrogen-bond acceptors (Lipinski definition) is 5. The SMILES string of the molecule is CO[C@]12C=C[C@@]3(C[C@@H]1C(C)=O)C1Cc4ccc(O)c5c4C3(CCN1C)[C@H]2O5. The fourth-order valence-electron chi connectivity index (χ4n) is 7.52. The highest BCUT2D eigenvalue weighted by atomic mass is 16.6. The Balaban J connectivity index is 1.73. The molecule has 4 bridgehead atoms. The molecule has 1 saturated carbocycles. The first-order chi connectivity index (χ1) is 12.9. The largest absolute Gasteiger partial charge is 0.504 e. The van der Waals surface area contributed by atoms with Crippen molar-refractivity contribution in [3.63, 3.8) is 0 Å². The maximum absolute atomic E-state index is 12.7. The summed E-state index contributed by atoms with van der Waals surface area (Å²) in [5.74, 6) is 0.762. The molecular formula is C22H25NO4. The van der Waals surface area contributed by atoms with Gasteiger partial charge < -0.3 is 19.5 Å². The molecule has 5 heteroatoms. The number of rotatable bonds is 2. The van der Waals surface area contributed by atoms with Crippen LogP contribution in [-0.4, -0.2) is 54.2 Å². The number of phenolic OH excluding ortho intramolecular Hbond substituents is 1. The average molecular weight is 367 g/mol. The molecule has 142 valence electrons. The lowest BCUT2D eigenvalue weighted by molar-refractivity contribution is -0.212. The summed E-state index contributed by atoms with van der Waals surface area (Å²) in [4.78, 5) is 15.2. The van der Waals surface area contributed by atoms with Crippen molar-refractivity contribution >= 4 is 5.78 Å². The lowest BCUT2D eigenvalue weighted by atomic mass is 9.37. The van der Waals surface area contributed by atoms with Crippen LogP contribution >= 0.6 is 0 Å². The van der Waals surface area contributed by atoms with Crippen LogP contribution in [0.2, 0.25) is 0 Å². The Morgan fingerprint density at radius 1 is 1.37 bits per heavy atom. The predicted molar refractivity (Wildman–Crippen MR) is 99.0 cm³/mol. The van der Waals surface area contributed by atoms with Crippen LogP contribution < -0.4 is 4.74 Å². The molecule has 0 amide bonds. The van der Waals surface area contributed by atoms with Crippen LogP contribution in [0.3, 0.4) is 0 Å². The van der Waals surface area contributed by atoms with E-state index in [-0.39, 0.29) is 34.4 Å². The van der Waals surface area contributed by atoms with E-state index in [4.69, 9.17) is 9.47 Å². The number of nitrogens with zero attached hydrogens (tertiary/aromatic N) is 1. The summed E-state index contributed by atoms with van der Waals surface area (Å²) < 4.78 is 12.7. The number of aromatic hydroxyl groups is 1. The van der Waals surface area contributed by atoms with Gasteiger partial charge in [-0.05, 0) is 51.4 Å². The minimum Gasteiger partial charge on any atom is -0.504 e. The number of benzene rings is 1. The molecule has 2 heterocycles. The zero-order valence-corrected chi connectivity index (χ0v) is 16.0. The summed E-state index contributed by atoms with van der Waals surface area (Å²) in [7, 11) is 3.89.